The van der Waals surface area contributed by atoms with Crippen LogP contribution in [0.2, 0.25) is 0 Å². The molecule has 0 bridgehead atoms. The molecule has 1 heterocycles. The van der Waals surface area contributed by atoms with Crippen molar-refractivity contribution in [2.75, 3.05) is 41.3 Å². The van der Waals surface area contributed by atoms with Crippen LogP contribution in [0.25, 0.3) is 0 Å². The van der Waals surface area contributed by atoms with Gasteiger partial charge in [-0.25, -0.2) is 4.98 Å². The molecule has 1 aromatic heterocycles. The summed E-state index contributed by atoms with van der Waals surface area (Å²) in [6.07, 6.45) is 1.53. The zero-order valence-corrected chi connectivity index (χ0v) is 13.1. The second-order valence-electron chi connectivity index (χ2n) is 4.89. The summed E-state index contributed by atoms with van der Waals surface area (Å²) in [6.45, 7) is 2.92. The van der Waals surface area contributed by atoms with Crippen molar-refractivity contribution in [3.63, 3.8) is 0 Å². The van der Waals surface area contributed by atoms with Crippen molar-refractivity contribution < 1.29 is 4.79 Å². The number of nitrogens with zero attached hydrogens (tertiary/aromatic N) is 3. The molecule has 1 amide bonds. The standard InChI is InChI=1S/C13H24N4OS/c1-14-6-5-7-17(4)9-11-10-19-12(15-11)8-13(18)16(2)3/h10,14H,5-9H2,1-4H3. The normalized spacial score (nSPS) is 11.0. The third kappa shape index (κ3) is 6.13. The van der Waals surface area contributed by atoms with Crippen molar-refractivity contribution >= 4 is 17.2 Å². The number of likely N-dealkylation sites (N-methyl/N-ethyl adjacent to an activating group) is 1. The maximum absolute atomic E-state index is 11.6. The summed E-state index contributed by atoms with van der Waals surface area (Å²) in [5, 5.41) is 6.09. The van der Waals surface area contributed by atoms with Crippen molar-refractivity contribution in [2.45, 2.75) is 19.4 Å². The van der Waals surface area contributed by atoms with Gasteiger partial charge in [0, 0.05) is 26.0 Å². The minimum absolute atomic E-state index is 0.100. The summed E-state index contributed by atoms with van der Waals surface area (Å²) in [5.41, 5.74) is 1.05. The number of amides is 1. The van der Waals surface area contributed by atoms with Crippen LogP contribution in [-0.2, 0) is 17.8 Å². The average molecular weight is 284 g/mol. The second-order valence-corrected chi connectivity index (χ2v) is 5.84. The van der Waals surface area contributed by atoms with Gasteiger partial charge in [-0.2, -0.15) is 0 Å². The molecule has 0 aliphatic heterocycles. The van der Waals surface area contributed by atoms with Gasteiger partial charge in [0.15, 0.2) is 0 Å². The Labute approximate surface area is 119 Å². The van der Waals surface area contributed by atoms with E-state index in [2.05, 4.69) is 22.2 Å². The topological polar surface area (TPSA) is 48.5 Å². The zero-order valence-electron chi connectivity index (χ0n) is 12.3. The molecule has 0 atom stereocenters. The first kappa shape index (κ1) is 16.1. The van der Waals surface area contributed by atoms with Gasteiger partial charge in [-0.1, -0.05) is 0 Å². The van der Waals surface area contributed by atoms with Crippen molar-refractivity contribution in [3.8, 4) is 0 Å². The number of rotatable bonds is 8. The van der Waals surface area contributed by atoms with E-state index in [0.717, 1.165) is 36.8 Å². The zero-order chi connectivity index (χ0) is 14.3. The van der Waals surface area contributed by atoms with Gasteiger partial charge in [0.25, 0.3) is 0 Å². The van der Waals surface area contributed by atoms with Crippen LogP contribution in [0.5, 0.6) is 0 Å². The van der Waals surface area contributed by atoms with Crippen molar-refractivity contribution in [1.29, 1.82) is 0 Å². The van der Waals surface area contributed by atoms with Gasteiger partial charge in [0.2, 0.25) is 5.91 Å². The quantitative estimate of drug-likeness (QED) is 0.718. The van der Waals surface area contributed by atoms with Gasteiger partial charge in [-0.15, -0.1) is 11.3 Å². The molecule has 0 spiro atoms. The molecule has 0 saturated carbocycles. The fourth-order valence-corrected chi connectivity index (χ4v) is 2.45. The van der Waals surface area contributed by atoms with Gasteiger partial charge in [-0.05, 0) is 33.6 Å². The first-order chi connectivity index (χ1) is 9.02. The maximum Gasteiger partial charge on any atom is 0.228 e. The van der Waals surface area contributed by atoms with Crippen molar-refractivity contribution in [3.05, 3.63) is 16.1 Å². The Balaban J connectivity index is 2.39. The number of aromatic nitrogens is 1. The fourth-order valence-electron chi connectivity index (χ4n) is 1.67. The molecular formula is C13H24N4OS. The summed E-state index contributed by atoms with van der Waals surface area (Å²) in [4.78, 5) is 20.0. The summed E-state index contributed by atoms with van der Waals surface area (Å²) in [6, 6.07) is 0. The van der Waals surface area contributed by atoms with Crippen LogP contribution in [-0.4, -0.2) is 62.0 Å². The predicted octanol–water partition coefficient (Wildman–Crippen LogP) is 0.815. The van der Waals surface area contributed by atoms with Crippen LogP contribution in [0.1, 0.15) is 17.1 Å². The third-order valence-corrected chi connectivity index (χ3v) is 3.70. The molecule has 0 aromatic carbocycles. The molecule has 0 radical (unpaired) electrons. The van der Waals surface area contributed by atoms with E-state index in [-0.39, 0.29) is 5.91 Å². The highest BCUT2D eigenvalue weighted by molar-refractivity contribution is 7.09. The molecule has 1 aromatic rings. The molecule has 1 rings (SSSR count). The van der Waals surface area contributed by atoms with Gasteiger partial charge in [0.1, 0.15) is 5.01 Å². The molecule has 6 heteroatoms. The number of hydrogen-bond donors (Lipinski definition) is 1. The predicted molar refractivity (Wildman–Crippen MR) is 79.4 cm³/mol. The van der Waals surface area contributed by atoms with Crippen molar-refractivity contribution in [2.24, 2.45) is 0 Å². The Morgan fingerprint density at radius 1 is 1.42 bits per heavy atom. The SMILES string of the molecule is CNCCCN(C)Cc1csc(CC(=O)N(C)C)n1. The molecule has 108 valence electrons. The van der Waals surface area contributed by atoms with Gasteiger partial charge >= 0.3 is 0 Å². The smallest absolute Gasteiger partial charge is 0.228 e. The highest BCUT2D eigenvalue weighted by Crippen LogP contribution is 2.12. The summed E-state index contributed by atoms with van der Waals surface area (Å²) >= 11 is 1.57. The molecular weight excluding hydrogens is 260 g/mol. The van der Waals surface area contributed by atoms with Crippen LogP contribution >= 0.6 is 11.3 Å². The molecule has 0 saturated heterocycles. The first-order valence-electron chi connectivity index (χ1n) is 6.49. The van der Waals surface area contributed by atoms with Crippen LogP contribution in [0, 0.1) is 0 Å². The van der Waals surface area contributed by atoms with E-state index >= 15 is 0 Å². The molecule has 0 aliphatic carbocycles. The Kier molecular flexibility index (Phi) is 6.97. The lowest BCUT2D eigenvalue weighted by atomic mass is 10.3. The monoisotopic (exact) mass is 284 g/mol. The Morgan fingerprint density at radius 2 is 2.16 bits per heavy atom. The number of thiazole rings is 1. The summed E-state index contributed by atoms with van der Waals surface area (Å²) < 4.78 is 0. The van der Waals surface area contributed by atoms with Crippen LogP contribution < -0.4 is 5.32 Å². The lowest BCUT2D eigenvalue weighted by Gasteiger charge is -2.14. The molecule has 1 N–H and O–H groups in total. The van der Waals surface area contributed by atoms with Crippen molar-refractivity contribution in [1.82, 2.24) is 20.1 Å². The average Bonchev–Trinajstić information content (AvgIpc) is 2.76. The lowest BCUT2D eigenvalue weighted by Crippen LogP contribution is -2.24. The van der Waals surface area contributed by atoms with Gasteiger partial charge < -0.3 is 15.1 Å². The largest absolute Gasteiger partial charge is 0.348 e. The minimum atomic E-state index is 0.100. The van der Waals surface area contributed by atoms with Gasteiger partial charge in [-0.3, -0.25) is 4.79 Å². The Bertz CT molecular complexity index is 392. The number of carbonyl (C=O) groups is 1. The fraction of sp³-hybridized carbons (Fsp3) is 0.692. The van der Waals surface area contributed by atoms with Crippen LogP contribution in [0.15, 0.2) is 5.38 Å². The lowest BCUT2D eigenvalue weighted by molar-refractivity contribution is -0.127. The first-order valence-corrected chi connectivity index (χ1v) is 7.37. The highest BCUT2D eigenvalue weighted by atomic mass is 32.1. The third-order valence-electron chi connectivity index (χ3n) is 2.80. The van der Waals surface area contributed by atoms with E-state index in [1.807, 2.05) is 12.4 Å². The van der Waals surface area contributed by atoms with E-state index in [1.165, 1.54) is 0 Å². The number of carbonyl (C=O) groups excluding carboxylic acids is 1. The highest BCUT2D eigenvalue weighted by Gasteiger charge is 2.10. The van der Waals surface area contributed by atoms with Crippen LogP contribution in [0.3, 0.4) is 0 Å². The van der Waals surface area contributed by atoms with E-state index in [1.54, 1.807) is 30.3 Å². The Morgan fingerprint density at radius 3 is 2.79 bits per heavy atom. The maximum atomic E-state index is 11.6. The van der Waals surface area contributed by atoms with E-state index in [0.29, 0.717) is 6.42 Å². The second kappa shape index (κ2) is 8.24. The van der Waals surface area contributed by atoms with E-state index in [4.69, 9.17) is 0 Å². The van der Waals surface area contributed by atoms with E-state index < -0.39 is 0 Å². The molecule has 0 aliphatic rings. The van der Waals surface area contributed by atoms with Gasteiger partial charge in [0.05, 0.1) is 12.1 Å². The Hall–Kier alpha value is -0.980. The molecule has 19 heavy (non-hydrogen) atoms. The minimum Gasteiger partial charge on any atom is -0.348 e. The number of hydrogen-bond acceptors (Lipinski definition) is 5. The summed E-state index contributed by atoms with van der Waals surface area (Å²) in [7, 11) is 7.60. The number of nitrogens with one attached hydrogen (secondary N) is 1. The molecule has 5 nitrogen and oxygen atoms in total. The summed E-state index contributed by atoms with van der Waals surface area (Å²) in [5.74, 6) is 0.100. The van der Waals surface area contributed by atoms with Crippen LogP contribution in [0.4, 0.5) is 0 Å². The molecule has 0 fully saturated rings. The molecule has 0 unspecified atom stereocenters. The van der Waals surface area contributed by atoms with E-state index in [9.17, 15) is 4.79 Å².